The van der Waals surface area contributed by atoms with Gasteiger partial charge in [-0.2, -0.15) is 0 Å². The summed E-state index contributed by atoms with van der Waals surface area (Å²) in [6, 6.07) is 0.376. The Kier molecular flexibility index (Phi) is 4.03. The van der Waals surface area contributed by atoms with Gasteiger partial charge in [-0.3, -0.25) is 0 Å². The third-order valence-corrected chi connectivity index (χ3v) is 5.91. The normalized spacial score (nSPS) is 24.7. The van der Waals surface area contributed by atoms with Crippen LogP contribution in [0.4, 0.5) is 5.69 Å². The Morgan fingerprint density at radius 1 is 0.909 bits per heavy atom. The fourth-order valence-electron chi connectivity index (χ4n) is 4.15. The summed E-state index contributed by atoms with van der Waals surface area (Å²) in [5.41, 5.74) is 8.73. The summed E-state index contributed by atoms with van der Waals surface area (Å²) >= 11 is 0. The lowest BCUT2D eigenvalue weighted by Gasteiger charge is -2.34. The molecule has 4 rings (SSSR count). The zero-order valence-electron chi connectivity index (χ0n) is 13.5. The molecule has 0 unspecified atom stereocenters. The number of rotatable bonds is 3. The first-order valence-electron chi connectivity index (χ1n) is 9.18. The van der Waals surface area contributed by atoms with Gasteiger partial charge in [-0.05, 0) is 38.5 Å². The lowest BCUT2D eigenvalue weighted by Crippen LogP contribution is -2.40. The van der Waals surface area contributed by atoms with Crippen LogP contribution in [0.2, 0.25) is 0 Å². The molecule has 2 heterocycles. The standard InChI is InChI=1S/C18H28N4/c19-15-8-10-22(11-9-15)16-12-20-18(14-6-3-7-14)21-17(16)13-4-1-2-5-13/h12-15H,1-11,19H2. The van der Waals surface area contributed by atoms with Crippen LogP contribution in [0.15, 0.2) is 6.20 Å². The second-order valence-electron chi connectivity index (χ2n) is 7.43. The van der Waals surface area contributed by atoms with Gasteiger partial charge >= 0.3 is 0 Å². The molecular formula is C18H28N4. The second-order valence-corrected chi connectivity index (χ2v) is 7.43. The van der Waals surface area contributed by atoms with E-state index in [-0.39, 0.29) is 0 Å². The molecule has 2 saturated carbocycles. The first-order valence-corrected chi connectivity index (χ1v) is 9.18. The van der Waals surface area contributed by atoms with Crippen molar-refractivity contribution in [3.63, 3.8) is 0 Å². The summed E-state index contributed by atoms with van der Waals surface area (Å²) in [6.07, 6.45) is 13.6. The lowest BCUT2D eigenvalue weighted by molar-refractivity contribution is 0.399. The topological polar surface area (TPSA) is 55.0 Å². The van der Waals surface area contributed by atoms with E-state index in [0.29, 0.717) is 17.9 Å². The minimum atomic E-state index is 0.376. The largest absolute Gasteiger partial charge is 0.369 e. The van der Waals surface area contributed by atoms with E-state index in [4.69, 9.17) is 15.7 Å². The fraction of sp³-hybridized carbons (Fsp3) is 0.778. The highest BCUT2D eigenvalue weighted by Gasteiger charge is 2.29. The van der Waals surface area contributed by atoms with Gasteiger partial charge in [0.2, 0.25) is 0 Å². The molecule has 0 aromatic carbocycles. The number of nitrogens with zero attached hydrogens (tertiary/aromatic N) is 3. The third kappa shape index (κ3) is 2.73. The molecule has 22 heavy (non-hydrogen) atoms. The van der Waals surface area contributed by atoms with Gasteiger partial charge in [0.25, 0.3) is 0 Å². The Morgan fingerprint density at radius 3 is 2.23 bits per heavy atom. The smallest absolute Gasteiger partial charge is 0.131 e. The van der Waals surface area contributed by atoms with Crippen molar-refractivity contribution in [2.45, 2.75) is 75.7 Å². The van der Waals surface area contributed by atoms with Crippen LogP contribution in [0.1, 0.15) is 81.1 Å². The van der Waals surface area contributed by atoms with Crippen LogP contribution in [0.3, 0.4) is 0 Å². The Bertz CT molecular complexity index is 512. The molecule has 0 atom stereocenters. The molecule has 0 radical (unpaired) electrons. The van der Waals surface area contributed by atoms with E-state index in [2.05, 4.69) is 11.1 Å². The highest BCUT2D eigenvalue weighted by molar-refractivity contribution is 5.51. The van der Waals surface area contributed by atoms with Crippen molar-refractivity contribution in [2.24, 2.45) is 5.73 Å². The lowest BCUT2D eigenvalue weighted by atomic mass is 9.84. The molecule has 1 aliphatic heterocycles. The van der Waals surface area contributed by atoms with Crippen molar-refractivity contribution in [1.82, 2.24) is 9.97 Å². The highest BCUT2D eigenvalue weighted by Crippen LogP contribution is 2.40. The third-order valence-electron chi connectivity index (χ3n) is 5.91. The minimum Gasteiger partial charge on any atom is -0.369 e. The summed E-state index contributed by atoms with van der Waals surface area (Å²) in [4.78, 5) is 12.3. The van der Waals surface area contributed by atoms with Crippen LogP contribution in [-0.4, -0.2) is 29.1 Å². The monoisotopic (exact) mass is 300 g/mol. The van der Waals surface area contributed by atoms with Crippen LogP contribution in [0, 0.1) is 0 Å². The quantitative estimate of drug-likeness (QED) is 0.930. The zero-order valence-corrected chi connectivity index (χ0v) is 13.5. The summed E-state index contributed by atoms with van der Waals surface area (Å²) < 4.78 is 0. The van der Waals surface area contributed by atoms with Crippen LogP contribution >= 0.6 is 0 Å². The van der Waals surface area contributed by atoms with E-state index in [0.717, 1.165) is 31.8 Å². The van der Waals surface area contributed by atoms with Gasteiger partial charge in [0.15, 0.2) is 0 Å². The number of hydrogen-bond donors (Lipinski definition) is 1. The number of aromatic nitrogens is 2. The zero-order chi connectivity index (χ0) is 14.9. The maximum absolute atomic E-state index is 6.07. The average Bonchev–Trinajstić information content (AvgIpc) is 3.01. The van der Waals surface area contributed by atoms with Crippen molar-refractivity contribution in [3.8, 4) is 0 Å². The number of anilines is 1. The van der Waals surface area contributed by atoms with Crippen molar-refractivity contribution < 1.29 is 0 Å². The predicted octanol–water partition coefficient (Wildman–Crippen LogP) is 3.33. The molecule has 3 aliphatic rings. The second kappa shape index (κ2) is 6.15. The molecule has 0 amide bonds. The van der Waals surface area contributed by atoms with E-state index < -0.39 is 0 Å². The Morgan fingerprint density at radius 2 is 1.59 bits per heavy atom. The van der Waals surface area contributed by atoms with Crippen LogP contribution in [0.5, 0.6) is 0 Å². The molecule has 120 valence electrons. The number of piperidine rings is 1. The fourth-order valence-corrected chi connectivity index (χ4v) is 4.15. The van der Waals surface area contributed by atoms with Crippen LogP contribution in [-0.2, 0) is 0 Å². The predicted molar refractivity (Wildman–Crippen MR) is 89.3 cm³/mol. The molecule has 1 saturated heterocycles. The van der Waals surface area contributed by atoms with Gasteiger partial charge in [-0.15, -0.1) is 0 Å². The molecule has 4 heteroatoms. The van der Waals surface area contributed by atoms with Gasteiger partial charge in [-0.1, -0.05) is 19.3 Å². The first kappa shape index (κ1) is 14.4. The van der Waals surface area contributed by atoms with E-state index in [1.165, 1.54) is 56.3 Å². The number of nitrogens with two attached hydrogens (primary N) is 1. The van der Waals surface area contributed by atoms with Crippen LogP contribution in [0.25, 0.3) is 0 Å². The summed E-state index contributed by atoms with van der Waals surface area (Å²) in [7, 11) is 0. The Labute approximate surface area is 133 Å². The van der Waals surface area contributed by atoms with E-state index in [9.17, 15) is 0 Å². The van der Waals surface area contributed by atoms with Gasteiger partial charge in [0.1, 0.15) is 5.82 Å². The first-order chi connectivity index (χ1) is 10.8. The average molecular weight is 300 g/mol. The number of hydrogen-bond acceptors (Lipinski definition) is 4. The summed E-state index contributed by atoms with van der Waals surface area (Å²) in [5, 5.41) is 0. The minimum absolute atomic E-state index is 0.376. The summed E-state index contributed by atoms with van der Waals surface area (Å²) in [6.45, 7) is 2.13. The molecule has 2 aliphatic carbocycles. The van der Waals surface area contributed by atoms with E-state index in [1.807, 2.05) is 0 Å². The molecule has 3 fully saturated rings. The molecule has 2 N–H and O–H groups in total. The van der Waals surface area contributed by atoms with Crippen molar-refractivity contribution in [2.75, 3.05) is 18.0 Å². The van der Waals surface area contributed by atoms with E-state index >= 15 is 0 Å². The molecule has 0 bridgehead atoms. The van der Waals surface area contributed by atoms with Gasteiger partial charge in [0.05, 0.1) is 17.6 Å². The highest BCUT2D eigenvalue weighted by atomic mass is 15.2. The molecule has 1 aromatic heterocycles. The van der Waals surface area contributed by atoms with Crippen molar-refractivity contribution >= 4 is 5.69 Å². The SMILES string of the molecule is NC1CCN(c2cnc(C3CCC3)nc2C2CCCC2)CC1. The van der Waals surface area contributed by atoms with Crippen molar-refractivity contribution in [3.05, 3.63) is 17.7 Å². The molecule has 0 spiro atoms. The van der Waals surface area contributed by atoms with Gasteiger partial charge in [0, 0.05) is 31.0 Å². The molecule has 4 nitrogen and oxygen atoms in total. The maximum atomic E-state index is 6.07. The van der Waals surface area contributed by atoms with Crippen LogP contribution < -0.4 is 10.6 Å². The Hall–Kier alpha value is -1.16. The van der Waals surface area contributed by atoms with Gasteiger partial charge < -0.3 is 10.6 Å². The molecule has 1 aromatic rings. The van der Waals surface area contributed by atoms with Crippen molar-refractivity contribution in [1.29, 1.82) is 0 Å². The van der Waals surface area contributed by atoms with E-state index in [1.54, 1.807) is 0 Å². The Balaban J connectivity index is 1.63. The van der Waals surface area contributed by atoms with Gasteiger partial charge in [-0.25, -0.2) is 9.97 Å². The summed E-state index contributed by atoms with van der Waals surface area (Å²) in [5.74, 6) is 2.40. The maximum Gasteiger partial charge on any atom is 0.131 e. The molecular weight excluding hydrogens is 272 g/mol.